The van der Waals surface area contributed by atoms with Crippen LogP contribution in [0.15, 0.2) is 35.4 Å². The number of benzene rings is 1. The van der Waals surface area contributed by atoms with Crippen LogP contribution in [-0.4, -0.2) is 5.91 Å². The van der Waals surface area contributed by atoms with Crippen molar-refractivity contribution < 1.29 is 4.79 Å². The van der Waals surface area contributed by atoms with Crippen molar-refractivity contribution in [3.8, 4) is 0 Å². The van der Waals surface area contributed by atoms with Crippen LogP contribution in [0.25, 0.3) is 10.4 Å². The number of azide groups is 1. The summed E-state index contributed by atoms with van der Waals surface area (Å²) in [5.74, 6) is 4.42. The number of nitrogens with two attached hydrogens (primary N) is 1. The highest BCUT2D eigenvalue weighted by Crippen LogP contribution is 2.16. The first-order valence-corrected chi connectivity index (χ1v) is 3.89. The lowest BCUT2D eigenvalue weighted by molar-refractivity contribution is -0.122. The molecule has 0 aliphatic heterocycles. The smallest absolute Gasteiger partial charge is 0.247 e. The molecule has 6 nitrogen and oxygen atoms in total. The Bertz CT molecular complexity index is 357. The first-order chi connectivity index (χ1) is 6.79. The second-order valence-corrected chi connectivity index (χ2v) is 2.53. The number of rotatable bonds is 3. The highest BCUT2D eigenvalue weighted by atomic mass is 16.2. The Labute approximate surface area is 80.3 Å². The van der Waals surface area contributed by atoms with E-state index < -0.39 is 11.9 Å². The van der Waals surface area contributed by atoms with Crippen LogP contribution in [0, 0.1) is 0 Å². The van der Waals surface area contributed by atoms with Crippen LogP contribution in [0.3, 0.4) is 0 Å². The minimum absolute atomic E-state index is 0.533. The summed E-state index contributed by atoms with van der Waals surface area (Å²) in [4.78, 5) is 13.8. The maximum Gasteiger partial charge on any atom is 0.247 e. The highest BCUT2D eigenvalue weighted by molar-refractivity contribution is 5.82. The van der Waals surface area contributed by atoms with E-state index in [2.05, 4.69) is 10.0 Å². The third kappa shape index (κ3) is 2.22. The van der Waals surface area contributed by atoms with Gasteiger partial charge in [-0.05, 0) is 11.1 Å². The quantitative estimate of drug-likeness (QED) is 0.186. The summed E-state index contributed by atoms with van der Waals surface area (Å²) >= 11 is 0. The summed E-state index contributed by atoms with van der Waals surface area (Å²) < 4.78 is 0. The van der Waals surface area contributed by atoms with Crippen LogP contribution < -0.4 is 11.3 Å². The van der Waals surface area contributed by atoms with Crippen LogP contribution in [-0.2, 0) is 4.79 Å². The van der Waals surface area contributed by atoms with Crippen molar-refractivity contribution in [1.29, 1.82) is 0 Å². The first kappa shape index (κ1) is 10.0. The summed E-state index contributed by atoms with van der Waals surface area (Å²) in [5, 5.41) is 3.35. The number of hydrazine groups is 1. The number of nitrogens with one attached hydrogen (secondary N) is 1. The molecule has 0 aromatic heterocycles. The summed E-state index contributed by atoms with van der Waals surface area (Å²) in [6.45, 7) is 0. The van der Waals surface area contributed by atoms with Gasteiger partial charge in [-0.15, -0.1) is 0 Å². The van der Waals surface area contributed by atoms with Gasteiger partial charge in [-0.2, -0.15) is 0 Å². The van der Waals surface area contributed by atoms with Crippen molar-refractivity contribution in [1.82, 2.24) is 5.43 Å². The Balaban J connectivity index is 3.00. The van der Waals surface area contributed by atoms with Crippen LogP contribution in [0.5, 0.6) is 0 Å². The molecule has 1 amide bonds. The van der Waals surface area contributed by atoms with Crippen LogP contribution in [0.4, 0.5) is 0 Å². The largest absolute Gasteiger partial charge is 0.294 e. The highest BCUT2D eigenvalue weighted by Gasteiger charge is 2.17. The number of nitrogens with zero attached hydrogens (tertiary/aromatic N) is 3. The molecule has 14 heavy (non-hydrogen) atoms. The van der Waals surface area contributed by atoms with Gasteiger partial charge in [0.2, 0.25) is 5.91 Å². The lowest BCUT2D eigenvalue weighted by Crippen LogP contribution is -2.33. The molecule has 1 atom stereocenters. The molecule has 0 radical (unpaired) electrons. The van der Waals surface area contributed by atoms with E-state index in [1.54, 1.807) is 30.3 Å². The van der Waals surface area contributed by atoms with Gasteiger partial charge in [0, 0.05) is 4.91 Å². The molecule has 72 valence electrons. The van der Waals surface area contributed by atoms with Gasteiger partial charge in [0.05, 0.1) is 0 Å². The normalized spacial score (nSPS) is 11.2. The monoisotopic (exact) mass is 191 g/mol. The van der Waals surface area contributed by atoms with Gasteiger partial charge in [0.15, 0.2) is 0 Å². The molecule has 1 unspecified atom stereocenters. The number of hydrogen-bond acceptors (Lipinski definition) is 3. The van der Waals surface area contributed by atoms with Crippen molar-refractivity contribution in [3.63, 3.8) is 0 Å². The summed E-state index contributed by atoms with van der Waals surface area (Å²) in [6, 6.07) is 7.77. The second-order valence-electron chi connectivity index (χ2n) is 2.53. The Morgan fingerprint density at radius 1 is 1.50 bits per heavy atom. The van der Waals surface area contributed by atoms with Gasteiger partial charge < -0.3 is 0 Å². The third-order valence-corrected chi connectivity index (χ3v) is 1.67. The van der Waals surface area contributed by atoms with E-state index in [0.717, 1.165) is 0 Å². The maximum absolute atomic E-state index is 11.2. The first-order valence-electron chi connectivity index (χ1n) is 3.89. The molecule has 0 aliphatic rings. The molecule has 1 rings (SSSR count). The average Bonchev–Trinajstić information content (AvgIpc) is 2.26. The lowest BCUT2D eigenvalue weighted by Gasteiger charge is -2.08. The molecule has 0 saturated carbocycles. The molecule has 1 aromatic rings. The SMILES string of the molecule is [N-]=[N+]=NC(C(=O)NN)c1ccccc1. The van der Waals surface area contributed by atoms with E-state index >= 15 is 0 Å². The molecule has 0 spiro atoms. The van der Waals surface area contributed by atoms with Gasteiger partial charge in [-0.25, -0.2) is 5.84 Å². The maximum atomic E-state index is 11.2. The van der Waals surface area contributed by atoms with E-state index in [-0.39, 0.29) is 0 Å². The minimum Gasteiger partial charge on any atom is -0.294 e. The van der Waals surface area contributed by atoms with E-state index in [1.807, 2.05) is 5.43 Å². The van der Waals surface area contributed by atoms with Crippen molar-refractivity contribution in [2.75, 3.05) is 0 Å². The van der Waals surface area contributed by atoms with E-state index in [4.69, 9.17) is 11.4 Å². The molecular weight excluding hydrogens is 182 g/mol. The Morgan fingerprint density at radius 2 is 2.14 bits per heavy atom. The topological polar surface area (TPSA) is 104 Å². The summed E-state index contributed by atoms with van der Waals surface area (Å²) in [7, 11) is 0. The second kappa shape index (κ2) is 4.86. The zero-order valence-electron chi connectivity index (χ0n) is 7.29. The third-order valence-electron chi connectivity index (χ3n) is 1.67. The fraction of sp³-hybridized carbons (Fsp3) is 0.125. The summed E-state index contributed by atoms with van der Waals surface area (Å²) in [5.41, 5.74) is 10.8. The molecule has 0 fully saturated rings. The van der Waals surface area contributed by atoms with Crippen molar-refractivity contribution in [2.45, 2.75) is 6.04 Å². The number of carbonyl (C=O) groups excluding carboxylic acids is 1. The molecular formula is C8H9N5O. The number of amides is 1. The standard InChI is InChI=1S/C8H9N5O/c9-11-8(14)7(12-13-10)6-4-2-1-3-5-6/h1-5,7H,9H2,(H,11,14). The van der Waals surface area contributed by atoms with Gasteiger partial charge in [0.25, 0.3) is 0 Å². The van der Waals surface area contributed by atoms with E-state index in [1.165, 1.54) is 0 Å². The number of hydrogen-bond donors (Lipinski definition) is 2. The van der Waals surface area contributed by atoms with Crippen molar-refractivity contribution in [3.05, 3.63) is 46.3 Å². The predicted molar refractivity (Wildman–Crippen MR) is 50.7 cm³/mol. The minimum atomic E-state index is -0.911. The Hall–Kier alpha value is -2.04. The zero-order chi connectivity index (χ0) is 10.4. The van der Waals surface area contributed by atoms with Crippen LogP contribution in [0.2, 0.25) is 0 Å². The van der Waals surface area contributed by atoms with Crippen LogP contribution in [0.1, 0.15) is 11.6 Å². The lowest BCUT2D eigenvalue weighted by atomic mass is 10.1. The van der Waals surface area contributed by atoms with E-state index in [0.29, 0.717) is 5.56 Å². The zero-order valence-corrected chi connectivity index (χ0v) is 7.29. The molecule has 0 bridgehead atoms. The molecule has 0 heterocycles. The van der Waals surface area contributed by atoms with Crippen molar-refractivity contribution in [2.24, 2.45) is 11.0 Å². The van der Waals surface area contributed by atoms with Gasteiger partial charge in [-0.1, -0.05) is 35.4 Å². The van der Waals surface area contributed by atoms with Gasteiger partial charge >= 0.3 is 0 Å². The molecule has 1 aromatic carbocycles. The fourth-order valence-corrected chi connectivity index (χ4v) is 1.04. The van der Waals surface area contributed by atoms with Crippen molar-refractivity contribution >= 4 is 5.91 Å². The average molecular weight is 191 g/mol. The van der Waals surface area contributed by atoms with E-state index in [9.17, 15) is 4.79 Å². The Kier molecular flexibility index (Phi) is 3.49. The molecule has 6 heteroatoms. The van der Waals surface area contributed by atoms with Gasteiger partial charge in [0.1, 0.15) is 6.04 Å². The molecule has 0 saturated heterocycles. The predicted octanol–water partition coefficient (Wildman–Crippen LogP) is 1.03. The van der Waals surface area contributed by atoms with Gasteiger partial charge in [-0.3, -0.25) is 10.2 Å². The van der Waals surface area contributed by atoms with Crippen LogP contribution >= 0.6 is 0 Å². The summed E-state index contributed by atoms with van der Waals surface area (Å²) in [6.07, 6.45) is 0. The Morgan fingerprint density at radius 3 is 2.64 bits per heavy atom. The molecule has 3 N–H and O–H groups in total. The number of carbonyl (C=O) groups is 1. The molecule has 0 aliphatic carbocycles. The fourth-order valence-electron chi connectivity index (χ4n) is 1.04.